The van der Waals surface area contributed by atoms with Crippen LogP contribution in [-0.4, -0.2) is 50.5 Å². The lowest BCUT2D eigenvalue weighted by atomic mass is 9.81. The van der Waals surface area contributed by atoms with E-state index in [4.69, 9.17) is 4.74 Å². The first-order valence-corrected chi connectivity index (χ1v) is 10.9. The minimum absolute atomic E-state index is 0.00180. The van der Waals surface area contributed by atoms with Gasteiger partial charge < -0.3 is 15.0 Å². The van der Waals surface area contributed by atoms with Crippen molar-refractivity contribution in [3.8, 4) is 5.75 Å². The quantitative estimate of drug-likeness (QED) is 0.522. The van der Waals surface area contributed by atoms with Crippen LogP contribution in [0.15, 0.2) is 47.4 Å². The van der Waals surface area contributed by atoms with E-state index in [1.165, 1.54) is 7.11 Å². The summed E-state index contributed by atoms with van der Waals surface area (Å²) in [4.78, 5) is 15.3. The number of hydrogen-bond donors (Lipinski definition) is 1. The lowest BCUT2D eigenvalue weighted by Gasteiger charge is -2.44. The largest absolute Gasteiger partial charge is 0.496 e. The molecule has 2 aromatic carbocycles. The van der Waals surface area contributed by atoms with E-state index in [0.717, 1.165) is 29.5 Å². The molecular formula is C22H24F4N2O2S. The first kappa shape index (κ1) is 23.4. The number of amides is 1. The maximum absolute atomic E-state index is 14.6. The van der Waals surface area contributed by atoms with E-state index < -0.39 is 29.4 Å². The highest BCUT2D eigenvalue weighted by Crippen LogP contribution is 2.39. The second-order valence-electron chi connectivity index (χ2n) is 7.65. The van der Waals surface area contributed by atoms with Gasteiger partial charge >= 0.3 is 6.18 Å². The molecular weight excluding hydrogens is 432 g/mol. The highest BCUT2D eigenvalue weighted by Gasteiger charge is 2.43. The van der Waals surface area contributed by atoms with Crippen LogP contribution in [0, 0.1) is 0 Å². The summed E-state index contributed by atoms with van der Waals surface area (Å²) in [5, 5.41) is 2.94. The number of likely N-dealkylation sites (N-methyl/N-ethyl adjacent to an activating group) is 1. The number of piperidine rings is 1. The molecule has 1 amide bonds. The van der Waals surface area contributed by atoms with Crippen molar-refractivity contribution >= 4 is 17.7 Å². The Morgan fingerprint density at radius 3 is 2.48 bits per heavy atom. The SMILES string of the molecule is COc1cc(C(F)(F)F)cc(SC)c1C(=O)NC1(c2ccccc2)CC(F)CN(C)C1. The number of rotatable bonds is 5. The normalized spacial score (nSPS) is 22.2. The number of methoxy groups -OCH3 is 1. The molecule has 2 aromatic rings. The Bertz CT molecular complexity index is 902. The van der Waals surface area contributed by atoms with E-state index in [2.05, 4.69) is 5.32 Å². The topological polar surface area (TPSA) is 41.6 Å². The summed E-state index contributed by atoms with van der Waals surface area (Å²) in [5.74, 6) is -0.790. The smallest absolute Gasteiger partial charge is 0.416 e. The van der Waals surface area contributed by atoms with Crippen LogP contribution in [0.1, 0.15) is 27.9 Å². The zero-order valence-corrected chi connectivity index (χ0v) is 18.2. The van der Waals surface area contributed by atoms with E-state index in [9.17, 15) is 22.4 Å². The third kappa shape index (κ3) is 4.98. The molecule has 168 valence electrons. The van der Waals surface area contributed by atoms with Crippen LogP contribution in [0.5, 0.6) is 5.75 Å². The van der Waals surface area contributed by atoms with Gasteiger partial charge in [0.1, 0.15) is 11.9 Å². The first-order chi connectivity index (χ1) is 14.6. The Morgan fingerprint density at radius 2 is 1.94 bits per heavy atom. The van der Waals surface area contributed by atoms with Crippen LogP contribution in [0.3, 0.4) is 0 Å². The molecule has 1 N–H and O–H groups in total. The van der Waals surface area contributed by atoms with Crippen LogP contribution in [0.25, 0.3) is 0 Å². The van der Waals surface area contributed by atoms with Crippen molar-refractivity contribution in [1.29, 1.82) is 0 Å². The van der Waals surface area contributed by atoms with Crippen molar-refractivity contribution in [2.75, 3.05) is 33.5 Å². The van der Waals surface area contributed by atoms with Crippen molar-refractivity contribution in [2.24, 2.45) is 0 Å². The van der Waals surface area contributed by atoms with E-state index in [1.807, 2.05) is 18.2 Å². The number of likely N-dealkylation sites (tertiary alicyclic amines) is 1. The van der Waals surface area contributed by atoms with Gasteiger partial charge in [0, 0.05) is 24.4 Å². The summed E-state index contributed by atoms with van der Waals surface area (Å²) >= 11 is 1.02. The Labute approximate surface area is 183 Å². The van der Waals surface area contributed by atoms with Gasteiger partial charge in [0.05, 0.1) is 23.8 Å². The average Bonchev–Trinajstić information content (AvgIpc) is 2.71. The van der Waals surface area contributed by atoms with Gasteiger partial charge in [-0.15, -0.1) is 11.8 Å². The Kier molecular flexibility index (Phi) is 6.85. The fourth-order valence-corrected chi connectivity index (χ4v) is 4.72. The van der Waals surface area contributed by atoms with Gasteiger partial charge in [0.15, 0.2) is 0 Å². The van der Waals surface area contributed by atoms with Crippen molar-refractivity contribution in [3.05, 3.63) is 59.2 Å². The number of carbonyl (C=O) groups excluding carboxylic acids is 1. The van der Waals surface area contributed by atoms with Gasteiger partial charge in [-0.2, -0.15) is 13.2 Å². The van der Waals surface area contributed by atoms with Crippen LogP contribution in [-0.2, 0) is 11.7 Å². The van der Waals surface area contributed by atoms with Gasteiger partial charge in [0.25, 0.3) is 5.91 Å². The van der Waals surface area contributed by atoms with Crippen molar-refractivity contribution < 1.29 is 27.1 Å². The Balaban J connectivity index is 2.07. The third-order valence-corrected chi connectivity index (χ3v) is 6.12. The van der Waals surface area contributed by atoms with Crippen molar-refractivity contribution in [3.63, 3.8) is 0 Å². The number of hydrogen-bond acceptors (Lipinski definition) is 4. The van der Waals surface area contributed by atoms with Crippen molar-refractivity contribution in [2.45, 2.75) is 29.2 Å². The Morgan fingerprint density at radius 1 is 1.26 bits per heavy atom. The molecule has 1 fully saturated rings. The molecule has 4 nitrogen and oxygen atoms in total. The number of alkyl halides is 4. The lowest BCUT2D eigenvalue weighted by Crippen LogP contribution is -2.58. The predicted molar refractivity (Wildman–Crippen MR) is 112 cm³/mol. The molecule has 0 aliphatic carbocycles. The fraction of sp³-hybridized carbons (Fsp3) is 0.409. The van der Waals surface area contributed by atoms with Gasteiger partial charge in [-0.05, 0) is 31.0 Å². The number of nitrogens with zero attached hydrogens (tertiary/aromatic N) is 1. The van der Waals surface area contributed by atoms with Crippen LogP contribution >= 0.6 is 11.8 Å². The minimum atomic E-state index is -4.58. The molecule has 2 unspecified atom stereocenters. The standard InChI is InChI=1S/C22H24F4N2O2S/c1-28-12-16(23)11-21(13-28,14-7-5-4-6-8-14)27-20(29)19-17(30-2)9-15(22(24,25)26)10-18(19)31-3/h4-10,16H,11-13H2,1-3H3,(H,27,29). The van der Waals surface area contributed by atoms with Crippen LogP contribution < -0.4 is 10.1 Å². The van der Waals surface area contributed by atoms with Gasteiger partial charge in [0.2, 0.25) is 0 Å². The molecule has 1 heterocycles. The summed E-state index contributed by atoms with van der Waals surface area (Å²) in [6.07, 6.45) is -4.10. The molecule has 9 heteroatoms. The minimum Gasteiger partial charge on any atom is -0.496 e. The fourth-order valence-electron chi connectivity index (χ4n) is 4.08. The van der Waals surface area contributed by atoms with Gasteiger partial charge in [-0.3, -0.25) is 4.79 Å². The molecule has 1 saturated heterocycles. The average molecular weight is 457 g/mol. The summed E-state index contributed by atoms with van der Waals surface area (Å²) in [6, 6.07) is 10.8. The zero-order valence-electron chi connectivity index (χ0n) is 17.4. The highest BCUT2D eigenvalue weighted by atomic mass is 32.2. The zero-order chi connectivity index (χ0) is 22.8. The maximum Gasteiger partial charge on any atom is 0.416 e. The van der Waals surface area contributed by atoms with Crippen molar-refractivity contribution in [1.82, 2.24) is 10.2 Å². The summed E-state index contributed by atoms with van der Waals surface area (Å²) in [7, 11) is 2.98. The van der Waals surface area contributed by atoms with Crippen LogP contribution in [0.4, 0.5) is 17.6 Å². The molecule has 1 aliphatic heterocycles. The first-order valence-electron chi connectivity index (χ1n) is 9.63. The number of halogens is 4. The van der Waals surface area contributed by atoms with Gasteiger partial charge in [-0.1, -0.05) is 30.3 Å². The molecule has 0 bridgehead atoms. The molecule has 0 aromatic heterocycles. The molecule has 0 radical (unpaired) electrons. The lowest BCUT2D eigenvalue weighted by molar-refractivity contribution is -0.137. The summed E-state index contributed by atoms with van der Waals surface area (Å²) in [6.45, 7) is 0.602. The number of ether oxygens (including phenoxy) is 1. The second-order valence-corrected chi connectivity index (χ2v) is 8.50. The number of benzene rings is 2. The van der Waals surface area contributed by atoms with E-state index >= 15 is 0 Å². The molecule has 3 rings (SSSR count). The molecule has 1 aliphatic rings. The maximum atomic E-state index is 14.6. The summed E-state index contributed by atoms with van der Waals surface area (Å²) in [5.41, 5.74) is -1.20. The number of nitrogens with one attached hydrogen (secondary N) is 1. The monoisotopic (exact) mass is 456 g/mol. The molecule has 2 atom stereocenters. The highest BCUT2D eigenvalue weighted by molar-refractivity contribution is 7.98. The summed E-state index contributed by atoms with van der Waals surface area (Å²) < 4.78 is 59.6. The number of thioether (sulfide) groups is 1. The predicted octanol–water partition coefficient (Wildman–Crippen LogP) is 4.73. The third-order valence-electron chi connectivity index (χ3n) is 5.36. The van der Waals surface area contributed by atoms with E-state index in [1.54, 1.807) is 30.3 Å². The van der Waals surface area contributed by atoms with E-state index in [0.29, 0.717) is 6.54 Å². The number of carbonyl (C=O) groups is 1. The molecule has 31 heavy (non-hydrogen) atoms. The van der Waals surface area contributed by atoms with Gasteiger partial charge in [-0.25, -0.2) is 4.39 Å². The molecule has 0 saturated carbocycles. The van der Waals surface area contributed by atoms with Crippen LogP contribution in [0.2, 0.25) is 0 Å². The van der Waals surface area contributed by atoms with E-state index in [-0.39, 0.29) is 29.2 Å². The Hall–Kier alpha value is -2.26. The molecule has 0 spiro atoms. The second kappa shape index (κ2) is 9.08.